The van der Waals surface area contributed by atoms with Crippen molar-refractivity contribution in [2.45, 2.75) is 12.8 Å². The summed E-state index contributed by atoms with van der Waals surface area (Å²) < 4.78 is 30.5. The van der Waals surface area contributed by atoms with Crippen LogP contribution >= 0.6 is 0 Å². The molecule has 1 aromatic rings. The third-order valence-corrected chi connectivity index (χ3v) is 1.95. The van der Waals surface area contributed by atoms with Gasteiger partial charge >= 0.3 is 5.97 Å². The third-order valence-electron chi connectivity index (χ3n) is 1.95. The van der Waals surface area contributed by atoms with Crippen LogP contribution in [0.5, 0.6) is 0 Å². The summed E-state index contributed by atoms with van der Waals surface area (Å²) in [6.45, 7) is -0.0717. The molecule has 17 heavy (non-hydrogen) atoms. The summed E-state index contributed by atoms with van der Waals surface area (Å²) in [5.41, 5.74) is 4.41. The van der Waals surface area contributed by atoms with E-state index in [9.17, 15) is 18.4 Å². The number of nitrogens with two attached hydrogens (primary N) is 1. The molecule has 2 N–H and O–H groups in total. The molecule has 0 radical (unpaired) electrons. The van der Waals surface area contributed by atoms with Crippen molar-refractivity contribution in [1.82, 2.24) is 0 Å². The van der Waals surface area contributed by atoms with Crippen LogP contribution in [0.1, 0.15) is 23.2 Å². The number of amides is 1. The smallest absolute Gasteiger partial charge is 0.341 e. The molecule has 0 aliphatic rings. The number of rotatable bonds is 5. The first-order chi connectivity index (χ1) is 8.00. The summed E-state index contributed by atoms with van der Waals surface area (Å²) in [5.74, 6) is -3.06. The van der Waals surface area contributed by atoms with Crippen molar-refractivity contribution in [3.63, 3.8) is 0 Å². The fraction of sp³-hybridized carbons (Fsp3) is 0.273. The van der Waals surface area contributed by atoms with Gasteiger partial charge in [-0.3, -0.25) is 4.79 Å². The van der Waals surface area contributed by atoms with Crippen molar-refractivity contribution in [2.75, 3.05) is 6.61 Å². The first-order valence-electron chi connectivity index (χ1n) is 4.91. The lowest BCUT2D eigenvalue weighted by atomic mass is 10.2. The first-order valence-corrected chi connectivity index (χ1v) is 4.91. The Morgan fingerprint density at radius 3 is 2.65 bits per heavy atom. The maximum Gasteiger partial charge on any atom is 0.341 e. The van der Waals surface area contributed by atoms with Crippen molar-refractivity contribution < 1.29 is 23.1 Å². The summed E-state index contributed by atoms with van der Waals surface area (Å²) in [6, 6.07) is 2.50. The largest absolute Gasteiger partial charge is 0.462 e. The highest BCUT2D eigenvalue weighted by Gasteiger charge is 2.14. The SMILES string of the molecule is NC(=O)CCCOC(=O)c1cc(F)ccc1F. The van der Waals surface area contributed by atoms with E-state index < -0.39 is 29.1 Å². The number of carbonyl (C=O) groups excluding carboxylic acids is 2. The van der Waals surface area contributed by atoms with E-state index in [1.165, 1.54) is 0 Å². The number of halogens is 2. The topological polar surface area (TPSA) is 69.4 Å². The summed E-state index contributed by atoms with van der Waals surface area (Å²) in [5, 5.41) is 0. The van der Waals surface area contributed by atoms with Crippen LogP contribution in [0.4, 0.5) is 8.78 Å². The number of benzene rings is 1. The van der Waals surface area contributed by atoms with Gasteiger partial charge in [0, 0.05) is 6.42 Å². The molecule has 0 unspecified atom stereocenters. The molecule has 0 aromatic heterocycles. The number of ether oxygens (including phenoxy) is 1. The Labute approximate surface area is 96.4 Å². The van der Waals surface area contributed by atoms with Gasteiger partial charge in [0.25, 0.3) is 0 Å². The molecule has 1 amide bonds. The van der Waals surface area contributed by atoms with Gasteiger partial charge in [-0.25, -0.2) is 13.6 Å². The predicted octanol–water partition coefficient (Wildman–Crippen LogP) is 1.39. The molecule has 0 bridgehead atoms. The van der Waals surface area contributed by atoms with Gasteiger partial charge in [-0.15, -0.1) is 0 Å². The lowest BCUT2D eigenvalue weighted by Gasteiger charge is -2.04. The minimum absolute atomic E-state index is 0.0684. The maximum absolute atomic E-state index is 13.1. The molecule has 1 rings (SSSR count). The monoisotopic (exact) mass is 243 g/mol. The fourth-order valence-corrected chi connectivity index (χ4v) is 1.14. The van der Waals surface area contributed by atoms with E-state index in [0.29, 0.717) is 0 Å². The van der Waals surface area contributed by atoms with Crippen LogP contribution < -0.4 is 5.73 Å². The average molecular weight is 243 g/mol. The molecule has 1 aromatic carbocycles. The second kappa shape index (κ2) is 5.93. The van der Waals surface area contributed by atoms with Crippen LogP contribution in [0.25, 0.3) is 0 Å². The van der Waals surface area contributed by atoms with Gasteiger partial charge in [0.15, 0.2) is 0 Å². The Morgan fingerprint density at radius 1 is 1.29 bits per heavy atom. The minimum atomic E-state index is -0.966. The molecule has 0 spiro atoms. The van der Waals surface area contributed by atoms with Crippen molar-refractivity contribution in [3.8, 4) is 0 Å². The summed E-state index contributed by atoms with van der Waals surface area (Å²) in [7, 11) is 0. The maximum atomic E-state index is 13.1. The lowest BCUT2D eigenvalue weighted by molar-refractivity contribution is -0.118. The highest BCUT2D eigenvalue weighted by atomic mass is 19.1. The second-order valence-electron chi connectivity index (χ2n) is 3.33. The summed E-state index contributed by atoms with van der Waals surface area (Å²) >= 11 is 0. The number of esters is 1. The number of carbonyl (C=O) groups is 2. The van der Waals surface area contributed by atoms with Crippen LogP contribution in [0, 0.1) is 11.6 Å². The van der Waals surface area contributed by atoms with E-state index in [-0.39, 0.29) is 19.4 Å². The molecule has 4 nitrogen and oxygen atoms in total. The Kier molecular flexibility index (Phi) is 4.56. The average Bonchev–Trinajstić information content (AvgIpc) is 2.27. The molecule has 0 aliphatic heterocycles. The van der Waals surface area contributed by atoms with Crippen LogP contribution in [0.3, 0.4) is 0 Å². The van der Waals surface area contributed by atoms with E-state index in [2.05, 4.69) is 4.74 Å². The molecule has 0 saturated carbocycles. The molecule has 0 aliphatic carbocycles. The van der Waals surface area contributed by atoms with Crippen molar-refractivity contribution in [2.24, 2.45) is 5.73 Å². The van der Waals surface area contributed by atoms with Crippen molar-refractivity contribution in [3.05, 3.63) is 35.4 Å². The number of hydrogen-bond acceptors (Lipinski definition) is 3. The Morgan fingerprint density at radius 2 is 2.00 bits per heavy atom. The molecule has 0 heterocycles. The van der Waals surface area contributed by atoms with Gasteiger partial charge in [-0.1, -0.05) is 0 Å². The molecular weight excluding hydrogens is 232 g/mol. The van der Waals surface area contributed by atoms with Gasteiger partial charge in [0.05, 0.1) is 12.2 Å². The van der Waals surface area contributed by atoms with Crippen LogP contribution in [0.15, 0.2) is 18.2 Å². The normalized spacial score (nSPS) is 10.0. The Hall–Kier alpha value is -1.98. The zero-order chi connectivity index (χ0) is 12.8. The van der Waals surface area contributed by atoms with Gasteiger partial charge in [-0.05, 0) is 24.6 Å². The van der Waals surface area contributed by atoms with E-state index in [4.69, 9.17) is 5.73 Å². The lowest BCUT2D eigenvalue weighted by Crippen LogP contribution is -2.13. The highest BCUT2D eigenvalue weighted by molar-refractivity contribution is 5.89. The Bertz CT molecular complexity index is 435. The number of primary amides is 1. The van der Waals surface area contributed by atoms with Gasteiger partial charge in [-0.2, -0.15) is 0 Å². The standard InChI is InChI=1S/C11H11F2NO3/c12-7-3-4-9(13)8(6-7)11(16)17-5-1-2-10(14)15/h3-4,6H,1-2,5H2,(H2,14,15). The second-order valence-corrected chi connectivity index (χ2v) is 3.33. The van der Waals surface area contributed by atoms with E-state index in [1.807, 2.05) is 0 Å². The minimum Gasteiger partial charge on any atom is -0.462 e. The zero-order valence-electron chi connectivity index (χ0n) is 8.91. The highest BCUT2D eigenvalue weighted by Crippen LogP contribution is 2.11. The third kappa shape index (κ3) is 4.18. The molecular formula is C11H11F2NO3. The zero-order valence-corrected chi connectivity index (χ0v) is 8.91. The van der Waals surface area contributed by atoms with E-state index in [0.717, 1.165) is 18.2 Å². The summed E-state index contributed by atoms with van der Waals surface area (Å²) in [4.78, 5) is 21.7. The fourth-order valence-electron chi connectivity index (χ4n) is 1.14. The van der Waals surface area contributed by atoms with Crippen molar-refractivity contribution in [1.29, 1.82) is 0 Å². The quantitative estimate of drug-likeness (QED) is 0.627. The van der Waals surface area contributed by atoms with Crippen molar-refractivity contribution >= 4 is 11.9 Å². The Balaban J connectivity index is 2.52. The van der Waals surface area contributed by atoms with Crippen LogP contribution in [-0.4, -0.2) is 18.5 Å². The van der Waals surface area contributed by atoms with Gasteiger partial charge in [0.2, 0.25) is 5.91 Å². The summed E-state index contributed by atoms with van der Waals surface area (Å²) in [6.07, 6.45) is 0.316. The predicted molar refractivity (Wildman–Crippen MR) is 55.1 cm³/mol. The first kappa shape index (κ1) is 13.1. The molecule has 6 heteroatoms. The molecule has 0 fully saturated rings. The molecule has 92 valence electrons. The van der Waals surface area contributed by atoms with Gasteiger partial charge < -0.3 is 10.5 Å². The van der Waals surface area contributed by atoms with Gasteiger partial charge in [0.1, 0.15) is 11.6 Å². The molecule has 0 saturated heterocycles. The molecule has 0 atom stereocenters. The van der Waals surface area contributed by atoms with E-state index >= 15 is 0 Å². The van der Waals surface area contributed by atoms with Crippen LogP contribution in [0.2, 0.25) is 0 Å². The van der Waals surface area contributed by atoms with Crippen LogP contribution in [-0.2, 0) is 9.53 Å². The number of hydrogen-bond donors (Lipinski definition) is 1. The van der Waals surface area contributed by atoms with E-state index in [1.54, 1.807) is 0 Å².